The summed E-state index contributed by atoms with van der Waals surface area (Å²) >= 11 is 12.7. The van der Waals surface area contributed by atoms with Crippen molar-refractivity contribution in [1.82, 2.24) is 0 Å². The van der Waals surface area contributed by atoms with E-state index in [0.717, 1.165) is 0 Å². The maximum atomic E-state index is 13.7. The molecule has 0 amide bonds. The lowest BCUT2D eigenvalue weighted by Crippen LogP contribution is -1.99. The minimum atomic E-state index is -0.576. The molecular weight excluding hydrogens is 314 g/mol. The van der Waals surface area contributed by atoms with Crippen molar-refractivity contribution in [2.24, 2.45) is 0 Å². The van der Waals surface area contributed by atoms with E-state index in [2.05, 4.69) is 0 Å². The lowest BCUT2D eigenvalue weighted by molar-refractivity contribution is 0.354. The van der Waals surface area contributed by atoms with E-state index in [9.17, 15) is 4.39 Å². The number of hydrogen-bond donors (Lipinski definition) is 0. The fourth-order valence-electron chi connectivity index (χ4n) is 2.01. The molecule has 1 unspecified atom stereocenters. The fraction of sp³-hybridized carbons (Fsp3) is 0.250. The van der Waals surface area contributed by atoms with Crippen molar-refractivity contribution in [3.8, 4) is 11.5 Å². The Labute approximate surface area is 133 Å². The highest BCUT2D eigenvalue weighted by atomic mass is 35.5. The maximum absolute atomic E-state index is 13.7. The van der Waals surface area contributed by atoms with Crippen molar-refractivity contribution in [1.29, 1.82) is 0 Å². The molecular formula is C16H15Cl2FO2. The van der Waals surface area contributed by atoms with E-state index in [-0.39, 0.29) is 5.82 Å². The molecule has 5 heteroatoms. The molecule has 0 N–H and O–H groups in total. The average molecular weight is 329 g/mol. The Kier molecular flexibility index (Phi) is 4.96. The number of hydrogen-bond acceptors (Lipinski definition) is 2. The fourth-order valence-corrected chi connectivity index (χ4v) is 2.65. The third-order valence-electron chi connectivity index (χ3n) is 3.26. The van der Waals surface area contributed by atoms with Crippen LogP contribution in [0.4, 0.5) is 4.39 Å². The van der Waals surface area contributed by atoms with Crippen molar-refractivity contribution in [3.63, 3.8) is 0 Å². The average Bonchev–Trinajstić information content (AvgIpc) is 2.49. The van der Waals surface area contributed by atoms with Crippen LogP contribution in [0.25, 0.3) is 0 Å². The highest BCUT2D eigenvalue weighted by Crippen LogP contribution is 2.40. The van der Waals surface area contributed by atoms with Gasteiger partial charge in [-0.25, -0.2) is 4.39 Å². The molecule has 2 aromatic rings. The topological polar surface area (TPSA) is 18.5 Å². The first-order valence-corrected chi connectivity index (χ1v) is 7.11. The van der Waals surface area contributed by atoms with Crippen LogP contribution in [-0.2, 0) is 0 Å². The first kappa shape index (κ1) is 15.9. The Morgan fingerprint density at radius 3 is 2.24 bits per heavy atom. The van der Waals surface area contributed by atoms with Crippen LogP contribution in [-0.4, -0.2) is 14.2 Å². The van der Waals surface area contributed by atoms with E-state index < -0.39 is 5.38 Å². The number of ether oxygens (including phenoxy) is 2. The van der Waals surface area contributed by atoms with Gasteiger partial charge in [0.2, 0.25) is 0 Å². The summed E-state index contributed by atoms with van der Waals surface area (Å²) in [4.78, 5) is 0. The summed E-state index contributed by atoms with van der Waals surface area (Å²) in [5.74, 6) is 0.745. The third-order valence-corrected chi connectivity index (χ3v) is 4.08. The molecule has 0 spiro atoms. The predicted octanol–water partition coefficient (Wildman–Crippen LogP) is 5.13. The Bertz CT molecular complexity index is 659. The van der Waals surface area contributed by atoms with Crippen molar-refractivity contribution >= 4 is 23.2 Å². The van der Waals surface area contributed by atoms with E-state index in [1.807, 2.05) is 0 Å². The van der Waals surface area contributed by atoms with E-state index in [0.29, 0.717) is 33.2 Å². The van der Waals surface area contributed by atoms with E-state index >= 15 is 0 Å². The van der Waals surface area contributed by atoms with Gasteiger partial charge < -0.3 is 9.47 Å². The lowest BCUT2D eigenvalue weighted by Gasteiger charge is -2.16. The summed E-state index contributed by atoms with van der Waals surface area (Å²) in [6.07, 6.45) is 0. The maximum Gasteiger partial charge on any atom is 0.162 e. The van der Waals surface area contributed by atoms with Crippen LogP contribution in [0, 0.1) is 12.7 Å². The van der Waals surface area contributed by atoms with Gasteiger partial charge in [0, 0.05) is 11.1 Å². The molecule has 0 aliphatic heterocycles. The molecule has 21 heavy (non-hydrogen) atoms. The van der Waals surface area contributed by atoms with Gasteiger partial charge in [-0.05, 0) is 35.7 Å². The molecule has 112 valence electrons. The van der Waals surface area contributed by atoms with E-state index in [1.165, 1.54) is 20.3 Å². The molecule has 0 saturated heterocycles. The van der Waals surface area contributed by atoms with Crippen LogP contribution in [0.1, 0.15) is 22.1 Å². The number of halogens is 3. The summed E-state index contributed by atoms with van der Waals surface area (Å²) in [7, 11) is 3.06. The Morgan fingerprint density at radius 1 is 1.05 bits per heavy atom. The van der Waals surface area contributed by atoms with Crippen molar-refractivity contribution in [2.45, 2.75) is 12.3 Å². The minimum absolute atomic E-state index is 0.297. The molecule has 2 rings (SSSR count). The molecule has 0 heterocycles. The molecule has 0 aliphatic rings. The molecule has 0 aromatic heterocycles. The monoisotopic (exact) mass is 328 g/mol. The highest BCUT2D eigenvalue weighted by molar-refractivity contribution is 6.33. The van der Waals surface area contributed by atoms with Crippen LogP contribution in [0.3, 0.4) is 0 Å². The molecule has 0 aliphatic carbocycles. The summed E-state index contributed by atoms with van der Waals surface area (Å²) in [6, 6.07) is 8.23. The summed E-state index contributed by atoms with van der Waals surface area (Å²) in [5, 5.41) is -0.138. The zero-order valence-electron chi connectivity index (χ0n) is 11.9. The Hall–Kier alpha value is -1.45. The summed E-state index contributed by atoms with van der Waals surface area (Å²) in [5.41, 5.74) is 1.84. The zero-order chi connectivity index (χ0) is 15.6. The standard InChI is InChI=1S/C16H15Cl2FO2/c1-9-4-5-10(6-13(9)19)16(18)11-7-14(20-2)15(21-3)8-12(11)17/h4-8,16H,1-3H3. The first-order valence-electron chi connectivity index (χ1n) is 6.29. The Balaban J connectivity index is 2.47. The minimum Gasteiger partial charge on any atom is -0.493 e. The molecule has 0 bridgehead atoms. The molecule has 2 aromatic carbocycles. The van der Waals surface area contributed by atoms with Gasteiger partial charge in [-0.3, -0.25) is 0 Å². The molecule has 0 fully saturated rings. The number of aryl methyl sites for hydroxylation is 1. The first-order chi connectivity index (χ1) is 9.97. The normalized spacial score (nSPS) is 12.1. The van der Waals surface area contributed by atoms with Gasteiger partial charge in [0.25, 0.3) is 0 Å². The third kappa shape index (κ3) is 3.25. The largest absolute Gasteiger partial charge is 0.493 e. The van der Waals surface area contributed by atoms with Gasteiger partial charge in [0.05, 0.1) is 19.6 Å². The van der Waals surface area contributed by atoms with Crippen LogP contribution in [0.5, 0.6) is 11.5 Å². The van der Waals surface area contributed by atoms with Gasteiger partial charge >= 0.3 is 0 Å². The number of methoxy groups -OCH3 is 2. The SMILES string of the molecule is COc1cc(Cl)c(C(Cl)c2ccc(C)c(F)c2)cc1OC. The highest BCUT2D eigenvalue weighted by Gasteiger charge is 2.19. The molecule has 0 radical (unpaired) electrons. The number of rotatable bonds is 4. The van der Waals surface area contributed by atoms with Crippen LogP contribution in [0.2, 0.25) is 5.02 Å². The zero-order valence-corrected chi connectivity index (χ0v) is 13.4. The summed E-state index contributed by atoms with van der Waals surface area (Å²) in [6.45, 7) is 1.70. The van der Waals surface area contributed by atoms with Crippen molar-refractivity contribution in [3.05, 3.63) is 57.9 Å². The van der Waals surface area contributed by atoms with Gasteiger partial charge in [-0.15, -0.1) is 11.6 Å². The predicted molar refractivity (Wildman–Crippen MR) is 83.4 cm³/mol. The number of alkyl halides is 1. The van der Waals surface area contributed by atoms with E-state index in [4.69, 9.17) is 32.7 Å². The van der Waals surface area contributed by atoms with Crippen LogP contribution in [0.15, 0.2) is 30.3 Å². The van der Waals surface area contributed by atoms with Crippen LogP contribution >= 0.6 is 23.2 Å². The van der Waals surface area contributed by atoms with Gasteiger partial charge in [0.1, 0.15) is 5.82 Å². The second-order valence-corrected chi connectivity index (χ2v) is 5.44. The van der Waals surface area contributed by atoms with Crippen molar-refractivity contribution in [2.75, 3.05) is 14.2 Å². The van der Waals surface area contributed by atoms with Gasteiger partial charge in [0.15, 0.2) is 11.5 Å². The molecule has 2 nitrogen and oxygen atoms in total. The molecule has 0 saturated carbocycles. The van der Waals surface area contributed by atoms with Gasteiger partial charge in [-0.1, -0.05) is 23.7 Å². The number of benzene rings is 2. The quantitative estimate of drug-likeness (QED) is 0.724. The van der Waals surface area contributed by atoms with Crippen LogP contribution < -0.4 is 9.47 Å². The second-order valence-electron chi connectivity index (χ2n) is 4.60. The smallest absolute Gasteiger partial charge is 0.162 e. The molecule has 1 atom stereocenters. The second kappa shape index (κ2) is 6.54. The van der Waals surface area contributed by atoms with Gasteiger partial charge in [-0.2, -0.15) is 0 Å². The lowest BCUT2D eigenvalue weighted by atomic mass is 10.0. The Morgan fingerprint density at radius 2 is 1.67 bits per heavy atom. The summed E-state index contributed by atoms with van der Waals surface area (Å²) < 4.78 is 24.1. The van der Waals surface area contributed by atoms with E-state index in [1.54, 1.807) is 31.2 Å². The van der Waals surface area contributed by atoms with Crippen molar-refractivity contribution < 1.29 is 13.9 Å².